The van der Waals surface area contributed by atoms with Crippen molar-refractivity contribution in [3.63, 3.8) is 0 Å². The molecule has 92 valence electrons. The van der Waals surface area contributed by atoms with E-state index in [9.17, 15) is 0 Å². The summed E-state index contributed by atoms with van der Waals surface area (Å²) in [6.07, 6.45) is 4.29. The van der Waals surface area contributed by atoms with Gasteiger partial charge in [-0.1, -0.05) is 0 Å². The molecule has 1 aromatic carbocycles. The van der Waals surface area contributed by atoms with Gasteiger partial charge >= 0.3 is 0 Å². The lowest BCUT2D eigenvalue weighted by atomic mass is 9.95. The molecular formula is C13H18N2O2. The van der Waals surface area contributed by atoms with Gasteiger partial charge in [0, 0.05) is 6.07 Å². The van der Waals surface area contributed by atoms with E-state index < -0.39 is 0 Å². The molecule has 0 saturated carbocycles. The zero-order valence-electron chi connectivity index (χ0n) is 9.98. The van der Waals surface area contributed by atoms with Gasteiger partial charge in [-0.3, -0.25) is 0 Å². The van der Waals surface area contributed by atoms with E-state index >= 15 is 0 Å². The lowest BCUT2D eigenvalue weighted by molar-refractivity contribution is 0.102. The van der Waals surface area contributed by atoms with Gasteiger partial charge in [0.15, 0.2) is 0 Å². The Morgan fingerprint density at radius 2 is 2.29 bits per heavy atom. The molecule has 2 fully saturated rings. The molecule has 3 rings (SSSR count). The number of fused-ring (bicyclic) bond motifs is 2. The Balaban J connectivity index is 1.73. The zero-order valence-corrected chi connectivity index (χ0v) is 9.98. The number of methoxy groups -OCH3 is 1. The Morgan fingerprint density at radius 3 is 2.88 bits per heavy atom. The van der Waals surface area contributed by atoms with Crippen LogP contribution in [0.15, 0.2) is 18.2 Å². The molecule has 17 heavy (non-hydrogen) atoms. The van der Waals surface area contributed by atoms with E-state index in [0.29, 0.717) is 18.2 Å². The molecule has 3 N–H and O–H groups in total. The predicted molar refractivity (Wildman–Crippen MR) is 67.3 cm³/mol. The van der Waals surface area contributed by atoms with Crippen LogP contribution in [0.3, 0.4) is 0 Å². The van der Waals surface area contributed by atoms with Crippen molar-refractivity contribution in [3.8, 4) is 5.75 Å². The highest BCUT2D eigenvalue weighted by Gasteiger charge is 2.40. The summed E-state index contributed by atoms with van der Waals surface area (Å²) in [7, 11) is 1.64. The molecule has 2 saturated heterocycles. The number of rotatable bonds is 3. The van der Waals surface area contributed by atoms with Crippen LogP contribution in [-0.2, 0) is 4.74 Å². The van der Waals surface area contributed by atoms with Crippen LogP contribution < -0.4 is 15.8 Å². The summed E-state index contributed by atoms with van der Waals surface area (Å²) in [5.41, 5.74) is 7.70. The summed E-state index contributed by atoms with van der Waals surface area (Å²) in [5.74, 6) is 0.789. The molecule has 3 atom stereocenters. The van der Waals surface area contributed by atoms with E-state index in [1.807, 2.05) is 18.2 Å². The molecule has 2 aliphatic heterocycles. The van der Waals surface area contributed by atoms with Crippen molar-refractivity contribution >= 4 is 11.4 Å². The Labute approximate surface area is 101 Å². The first-order valence-electron chi connectivity index (χ1n) is 6.12. The third-order valence-corrected chi connectivity index (χ3v) is 3.71. The van der Waals surface area contributed by atoms with Crippen molar-refractivity contribution in [3.05, 3.63) is 18.2 Å². The molecule has 2 heterocycles. The van der Waals surface area contributed by atoms with Crippen LogP contribution in [0.25, 0.3) is 0 Å². The Hall–Kier alpha value is -1.42. The largest absolute Gasteiger partial charge is 0.497 e. The highest BCUT2D eigenvalue weighted by atomic mass is 16.5. The number of nitrogens with one attached hydrogen (secondary N) is 1. The standard InChI is InChI=1S/C13H18N2O2/c1-16-8-2-4-11(10(14)6-8)15-12-7-9-3-5-13(12)17-9/h2,4,6,9,12-13,15H,3,5,7,14H2,1H3. The zero-order chi connectivity index (χ0) is 11.8. The van der Waals surface area contributed by atoms with Crippen LogP contribution in [0.5, 0.6) is 5.75 Å². The van der Waals surface area contributed by atoms with Crippen LogP contribution in [0.2, 0.25) is 0 Å². The molecule has 1 aromatic rings. The van der Waals surface area contributed by atoms with Crippen molar-refractivity contribution in [1.29, 1.82) is 0 Å². The fourth-order valence-electron chi connectivity index (χ4n) is 2.79. The maximum Gasteiger partial charge on any atom is 0.121 e. The molecule has 0 amide bonds. The first-order valence-corrected chi connectivity index (χ1v) is 6.12. The van der Waals surface area contributed by atoms with E-state index in [4.69, 9.17) is 15.2 Å². The van der Waals surface area contributed by atoms with Crippen molar-refractivity contribution in [1.82, 2.24) is 0 Å². The summed E-state index contributed by atoms with van der Waals surface area (Å²) in [5, 5.41) is 3.49. The van der Waals surface area contributed by atoms with Gasteiger partial charge in [0.25, 0.3) is 0 Å². The van der Waals surface area contributed by atoms with Gasteiger partial charge in [-0.15, -0.1) is 0 Å². The first kappa shape index (κ1) is 10.7. The minimum Gasteiger partial charge on any atom is -0.497 e. The molecule has 2 bridgehead atoms. The molecule has 0 aromatic heterocycles. The Bertz CT molecular complexity index is 422. The lowest BCUT2D eigenvalue weighted by Crippen LogP contribution is -2.30. The van der Waals surface area contributed by atoms with Gasteiger partial charge in [0.05, 0.1) is 36.7 Å². The SMILES string of the molecule is COc1ccc(NC2CC3CCC2O3)c(N)c1. The molecule has 4 nitrogen and oxygen atoms in total. The average Bonchev–Trinajstić information content (AvgIpc) is 2.93. The van der Waals surface area contributed by atoms with E-state index in [0.717, 1.165) is 23.5 Å². The number of nitrogen functional groups attached to an aromatic ring is 1. The van der Waals surface area contributed by atoms with Gasteiger partial charge in [-0.2, -0.15) is 0 Å². The van der Waals surface area contributed by atoms with Crippen LogP contribution >= 0.6 is 0 Å². The lowest BCUT2D eigenvalue weighted by Gasteiger charge is -2.22. The summed E-state index contributed by atoms with van der Waals surface area (Å²) in [6, 6.07) is 6.15. The molecular weight excluding hydrogens is 216 g/mol. The molecule has 0 radical (unpaired) electrons. The third-order valence-electron chi connectivity index (χ3n) is 3.71. The summed E-state index contributed by atoms with van der Waals surface area (Å²) < 4.78 is 11.0. The predicted octanol–water partition coefficient (Wildman–Crippen LogP) is 2.01. The monoisotopic (exact) mass is 234 g/mol. The highest BCUT2D eigenvalue weighted by molar-refractivity contribution is 5.68. The quantitative estimate of drug-likeness (QED) is 0.785. The fourth-order valence-corrected chi connectivity index (χ4v) is 2.79. The molecule has 2 aliphatic rings. The van der Waals surface area contributed by atoms with E-state index in [1.54, 1.807) is 7.11 Å². The molecule has 0 aliphatic carbocycles. The second-order valence-corrected chi connectivity index (χ2v) is 4.81. The number of hydrogen-bond donors (Lipinski definition) is 2. The third kappa shape index (κ3) is 1.93. The summed E-state index contributed by atoms with van der Waals surface area (Å²) >= 11 is 0. The maximum atomic E-state index is 5.99. The number of benzene rings is 1. The molecule has 4 heteroatoms. The highest BCUT2D eigenvalue weighted by Crippen LogP contribution is 2.37. The number of ether oxygens (including phenoxy) is 2. The molecule has 0 spiro atoms. The second-order valence-electron chi connectivity index (χ2n) is 4.81. The number of anilines is 2. The van der Waals surface area contributed by atoms with Gasteiger partial charge in [0.1, 0.15) is 5.75 Å². The minimum atomic E-state index is 0.363. The summed E-state index contributed by atoms with van der Waals surface area (Å²) in [6.45, 7) is 0. The van der Waals surface area contributed by atoms with E-state index in [2.05, 4.69) is 5.32 Å². The smallest absolute Gasteiger partial charge is 0.121 e. The topological polar surface area (TPSA) is 56.5 Å². The van der Waals surface area contributed by atoms with Crippen LogP contribution in [0.1, 0.15) is 19.3 Å². The fraction of sp³-hybridized carbons (Fsp3) is 0.538. The maximum absolute atomic E-state index is 5.99. The van der Waals surface area contributed by atoms with Crippen molar-refractivity contribution in [2.24, 2.45) is 0 Å². The van der Waals surface area contributed by atoms with Gasteiger partial charge < -0.3 is 20.5 Å². The van der Waals surface area contributed by atoms with E-state index in [1.165, 1.54) is 12.8 Å². The number of nitrogens with two attached hydrogens (primary N) is 1. The minimum absolute atomic E-state index is 0.363. The first-order chi connectivity index (χ1) is 8.26. The van der Waals surface area contributed by atoms with E-state index in [-0.39, 0.29) is 0 Å². The Morgan fingerprint density at radius 1 is 1.41 bits per heavy atom. The van der Waals surface area contributed by atoms with Crippen molar-refractivity contribution in [2.75, 3.05) is 18.2 Å². The van der Waals surface area contributed by atoms with Gasteiger partial charge in [-0.25, -0.2) is 0 Å². The number of hydrogen-bond acceptors (Lipinski definition) is 4. The van der Waals surface area contributed by atoms with Crippen molar-refractivity contribution in [2.45, 2.75) is 37.5 Å². The summed E-state index contributed by atoms with van der Waals surface area (Å²) in [4.78, 5) is 0. The Kier molecular flexibility index (Phi) is 2.59. The van der Waals surface area contributed by atoms with Crippen molar-refractivity contribution < 1.29 is 9.47 Å². The van der Waals surface area contributed by atoms with Gasteiger partial charge in [-0.05, 0) is 31.4 Å². The molecule has 3 unspecified atom stereocenters. The van der Waals surface area contributed by atoms with Crippen LogP contribution in [-0.4, -0.2) is 25.4 Å². The second kappa shape index (κ2) is 4.11. The average molecular weight is 234 g/mol. The van der Waals surface area contributed by atoms with Crippen LogP contribution in [0, 0.1) is 0 Å². The van der Waals surface area contributed by atoms with Crippen LogP contribution in [0.4, 0.5) is 11.4 Å². The van der Waals surface area contributed by atoms with Gasteiger partial charge in [0.2, 0.25) is 0 Å². The normalized spacial score (nSPS) is 30.5.